The van der Waals surface area contributed by atoms with E-state index in [1.807, 2.05) is 6.07 Å². The Balaban J connectivity index is 1.98. The van der Waals surface area contributed by atoms with Crippen molar-refractivity contribution in [2.75, 3.05) is 6.61 Å². The van der Waals surface area contributed by atoms with Crippen molar-refractivity contribution in [2.24, 2.45) is 0 Å². The number of benzene rings is 1. The summed E-state index contributed by atoms with van der Waals surface area (Å²) in [5.74, 6) is -0.245. The van der Waals surface area contributed by atoms with Crippen LogP contribution in [0.25, 0.3) is 0 Å². The van der Waals surface area contributed by atoms with Gasteiger partial charge in [-0.3, -0.25) is 0 Å². The molecule has 2 heterocycles. The summed E-state index contributed by atoms with van der Waals surface area (Å²) in [6.45, 7) is -2.84. The Morgan fingerprint density at radius 3 is 2.79 bits per heavy atom. The molecule has 0 fully saturated rings. The van der Waals surface area contributed by atoms with E-state index in [2.05, 4.69) is 4.98 Å². The van der Waals surface area contributed by atoms with E-state index in [0.29, 0.717) is 29.6 Å². The lowest BCUT2D eigenvalue weighted by Crippen LogP contribution is -2.25. The number of aliphatic hydroxyl groups is 1. The van der Waals surface area contributed by atoms with Crippen molar-refractivity contribution in [3.8, 4) is 5.75 Å². The predicted molar refractivity (Wildman–Crippen MR) is 102 cm³/mol. The zero-order valence-corrected chi connectivity index (χ0v) is 15.8. The molecule has 0 bridgehead atoms. The molecular weight excluding hydrogens is 386 g/mol. The quantitative estimate of drug-likeness (QED) is 0.435. The van der Waals surface area contributed by atoms with Gasteiger partial charge in [0, 0.05) is 40.8 Å². The second kappa shape index (κ2) is 9.57. The molecule has 3 aromatic rings. The van der Waals surface area contributed by atoms with Crippen LogP contribution >= 0.6 is 11.3 Å². The van der Waals surface area contributed by atoms with Gasteiger partial charge in [-0.15, -0.1) is 11.3 Å². The first-order valence-electron chi connectivity index (χ1n) is 8.83. The van der Waals surface area contributed by atoms with Crippen LogP contribution in [-0.2, 0) is 12.8 Å². The molecule has 0 amide bonds. The molecule has 0 saturated heterocycles. The maximum absolute atomic E-state index is 12.9. The summed E-state index contributed by atoms with van der Waals surface area (Å²) >= 11 is 1.48. The highest BCUT2D eigenvalue weighted by Gasteiger charge is 2.24. The number of nitrogens with zero attached hydrogens (tertiary/aromatic N) is 2. The number of alkyl halides is 2. The number of para-hydroxylation sites is 1. The number of aryl methyl sites for hydroxylation is 1. The number of hydrogen-bond acceptors (Lipinski definition) is 5. The molecule has 0 aliphatic heterocycles. The van der Waals surface area contributed by atoms with Gasteiger partial charge in [0.05, 0.1) is 0 Å². The molecule has 0 aliphatic rings. The van der Waals surface area contributed by atoms with E-state index in [1.165, 1.54) is 29.8 Å². The Labute approximate surface area is 165 Å². The average Bonchev–Trinajstić information content (AvgIpc) is 3.13. The van der Waals surface area contributed by atoms with Gasteiger partial charge >= 0.3 is 6.61 Å². The van der Waals surface area contributed by atoms with Crippen LogP contribution in [0.3, 0.4) is 0 Å². The smallest absolute Gasteiger partial charge is 0.387 e. The minimum atomic E-state index is -2.93. The number of rotatable bonds is 9. The van der Waals surface area contributed by atoms with Crippen molar-refractivity contribution in [2.45, 2.75) is 31.8 Å². The van der Waals surface area contributed by atoms with Crippen LogP contribution in [0.5, 0.6) is 5.75 Å². The summed E-state index contributed by atoms with van der Waals surface area (Å²) in [5, 5.41) is 21.4. The fraction of sp³-hybridized carbons (Fsp3) is 0.300. The van der Waals surface area contributed by atoms with Crippen LogP contribution in [-0.4, -0.2) is 23.3 Å². The maximum Gasteiger partial charge on any atom is 0.387 e. The zero-order chi connectivity index (χ0) is 19.9. The third-order valence-electron chi connectivity index (χ3n) is 4.24. The molecule has 1 N–H and O–H groups in total. The first-order chi connectivity index (χ1) is 13.6. The minimum Gasteiger partial charge on any atom is -0.619 e. The highest BCUT2D eigenvalue weighted by atomic mass is 32.1. The molecule has 148 valence electrons. The van der Waals surface area contributed by atoms with Crippen molar-refractivity contribution < 1.29 is 23.4 Å². The number of aromatic nitrogens is 2. The summed E-state index contributed by atoms with van der Waals surface area (Å²) < 4.78 is 31.2. The van der Waals surface area contributed by atoms with Gasteiger partial charge in [0.1, 0.15) is 10.8 Å². The number of hydrogen-bond donors (Lipinski definition) is 1. The van der Waals surface area contributed by atoms with Crippen LogP contribution < -0.4 is 9.47 Å². The lowest BCUT2D eigenvalue weighted by molar-refractivity contribution is -0.605. The van der Waals surface area contributed by atoms with Crippen LogP contribution in [0.1, 0.15) is 33.4 Å². The molecule has 0 radical (unpaired) electrons. The van der Waals surface area contributed by atoms with E-state index in [1.54, 1.807) is 30.5 Å². The van der Waals surface area contributed by atoms with Gasteiger partial charge in [0.15, 0.2) is 12.4 Å². The second-order valence-corrected chi connectivity index (χ2v) is 7.38. The second-order valence-electron chi connectivity index (χ2n) is 6.24. The molecular formula is C20H20F2N2O3S. The van der Waals surface area contributed by atoms with Gasteiger partial charge in [-0.05, 0) is 31.4 Å². The normalized spacial score (nSPS) is 12.3. The number of ether oxygens (including phenoxy) is 1. The van der Waals surface area contributed by atoms with Crippen molar-refractivity contribution >= 4 is 11.3 Å². The first-order valence-corrected chi connectivity index (χ1v) is 9.65. The van der Waals surface area contributed by atoms with E-state index in [4.69, 9.17) is 9.84 Å². The maximum atomic E-state index is 12.9. The SMILES string of the molecule is [O-][n+]1cccc(CC(c2ncc(CCCO)s2)c2ccccc2OC(F)F)c1. The van der Waals surface area contributed by atoms with Crippen molar-refractivity contribution in [1.29, 1.82) is 0 Å². The van der Waals surface area contributed by atoms with Crippen LogP contribution in [0.2, 0.25) is 0 Å². The van der Waals surface area contributed by atoms with Gasteiger partial charge < -0.3 is 15.1 Å². The summed E-state index contributed by atoms with van der Waals surface area (Å²) in [7, 11) is 0. The Hall–Kier alpha value is -2.58. The number of pyridine rings is 1. The Morgan fingerprint density at radius 2 is 2.04 bits per heavy atom. The number of halogens is 2. The topological polar surface area (TPSA) is 69.3 Å². The van der Waals surface area contributed by atoms with Crippen molar-refractivity contribution in [3.63, 3.8) is 0 Å². The number of aliphatic hydroxyl groups excluding tert-OH is 1. The molecule has 8 heteroatoms. The summed E-state index contributed by atoms with van der Waals surface area (Å²) in [6, 6.07) is 10.1. The summed E-state index contributed by atoms with van der Waals surface area (Å²) in [5.41, 5.74) is 1.36. The highest BCUT2D eigenvalue weighted by Crippen LogP contribution is 2.37. The Bertz CT molecular complexity index is 904. The fourth-order valence-corrected chi connectivity index (χ4v) is 4.09. The minimum absolute atomic E-state index is 0.0925. The first kappa shape index (κ1) is 20.2. The molecule has 28 heavy (non-hydrogen) atoms. The largest absolute Gasteiger partial charge is 0.619 e. The third-order valence-corrected chi connectivity index (χ3v) is 5.41. The highest BCUT2D eigenvalue weighted by molar-refractivity contribution is 7.11. The monoisotopic (exact) mass is 406 g/mol. The van der Waals surface area contributed by atoms with E-state index in [0.717, 1.165) is 15.4 Å². The van der Waals surface area contributed by atoms with Gasteiger partial charge in [0.25, 0.3) is 0 Å². The van der Waals surface area contributed by atoms with Gasteiger partial charge in [-0.25, -0.2) is 4.98 Å². The molecule has 0 aliphatic carbocycles. The standard InChI is InChI=1S/C20H20F2N2O3S/c21-20(22)27-18-8-2-1-7-16(18)17(11-14-5-3-9-24(26)13-14)19-23-12-15(28-19)6-4-10-25/h1-3,5,7-9,12-13,17,20,25H,4,6,10-11H2. The third kappa shape index (κ3) is 5.24. The van der Waals surface area contributed by atoms with E-state index in [-0.39, 0.29) is 18.3 Å². The van der Waals surface area contributed by atoms with Gasteiger partial charge in [0.2, 0.25) is 0 Å². The van der Waals surface area contributed by atoms with Gasteiger partial charge in [-0.2, -0.15) is 13.5 Å². The summed E-state index contributed by atoms with van der Waals surface area (Å²) in [4.78, 5) is 5.50. The average molecular weight is 406 g/mol. The van der Waals surface area contributed by atoms with E-state index >= 15 is 0 Å². The molecule has 5 nitrogen and oxygen atoms in total. The molecule has 2 aromatic heterocycles. The zero-order valence-electron chi connectivity index (χ0n) is 15.0. The number of thiazole rings is 1. The van der Waals surface area contributed by atoms with Crippen LogP contribution in [0.4, 0.5) is 8.78 Å². The molecule has 1 atom stereocenters. The van der Waals surface area contributed by atoms with E-state index < -0.39 is 6.61 Å². The predicted octanol–water partition coefficient (Wildman–Crippen LogP) is 3.68. The lowest BCUT2D eigenvalue weighted by Gasteiger charge is -2.18. The van der Waals surface area contributed by atoms with E-state index in [9.17, 15) is 14.0 Å². The Kier molecular flexibility index (Phi) is 6.89. The fourth-order valence-electron chi connectivity index (χ4n) is 3.01. The lowest BCUT2D eigenvalue weighted by atomic mass is 9.92. The Morgan fingerprint density at radius 1 is 1.21 bits per heavy atom. The van der Waals surface area contributed by atoms with Crippen LogP contribution in [0, 0.1) is 5.21 Å². The molecule has 1 aromatic carbocycles. The van der Waals surface area contributed by atoms with Crippen LogP contribution in [0.15, 0.2) is 55.0 Å². The van der Waals surface area contributed by atoms with Crippen molar-refractivity contribution in [1.82, 2.24) is 4.98 Å². The molecule has 0 spiro atoms. The molecule has 3 rings (SSSR count). The van der Waals surface area contributed by atoms with Gasteiger partial charge in [-0.1, -0.05) is 18.2 Å². The molecule has 0 saturated carbocycles. The van der Waals surface area contributed by atoms with Crippen molar-refractivity contribution in [3.05, 3.63) is 81.2 Å². The molecule has 1 unspecified atom stereocenters. The summed E-state index contributed by atoms with van der Waals surface area (Å²) in [6.07, 6.45) is 6.35.